The SMILES string of the molecule is CCC(NC(=O)CCC(=O)c1ccc(C)cc1)c1ccc2c(c1)CCCC2. The summed E-state index contributed by atoms with van der Waals surface area (Å²) < 4.78 is 0. The van der Waals surface area contributed by atoms with Gasteiger partial charge in [0.25, 0.3) is 0 Å². The number of amides is 1. The Morgan fingerprint density at radius 2 is 1.67 bits per heavy atom. The number of fused-ring (bicyclic) bond motifs is 1. The van der Waals surface area contributed by atoms with Crippen molar-refractivity contribution in [2.75, 3.05) is 0 Å². The van der Waals surface area contributed by atoms with Gasteiger partial charge in [-0.05, 0) is 55.7 Å². The van der Waals surface area contributed by atoms with Crippen molar-refractivity contribution in [3.63, 3.8) is 0 Å². The van der Waals surface area contributed by atoms with Gasteiger partial charge in [-0.15, -0.1) is 0 Å². The zero-order chi connectivity index (χ0) is 19.2. The molecule has 2 aromatic rings. The van der Waals surface area contributed by atoms with Crippen LogP contribution >= 0.6 is 0 Å². The molecule has 0 spiro atoms. The van der Waals surface area contributed by atoms with Crippen LogP contribution in [0, 0.1) is 6.92 Å². The molecule has 1 unspecified atom stereocenters. The van der Waals surface area contributed by atoms with Gasteiger partial charge in [-0.3, -0.25) is 9.59 Å². The predicted octanol–water partition coefficient (Wildman–Crippen LogP) is 5.10. The highest BCUT2D eigenvalue weighted by Crippen LogP contribution is 2.26. The lowest BCUT2D eigenvalue weighted by molar-refractivity contribution is -0.121. The van der Waals surface area contributed by atoms with E-state index < -0.39 is 0 Å². The molecule has 1 amide bonds. The minimum absolute atomic E-state index is 0.0132. The molecule has 1 atom stereocenters. The molecule has 3 heteroatoms. The summed E-state index contributed by atoms with van der Waals surface area (Å²) in [5.74, 6) is -0.0352. The molecule has 0 aromatic heterocycles. The minimum atomic E-state index is -0.0555. The van der Waals surface area contributed by atoms with Crippen molar-refractivity contribution < 1.29 is 9.59 Å². The Balaban J connectivity index is 1.57. The first-order valence-electron chi connectivity index (χ1n) is 10.1. The lowest BCUT2D eigenvalue weighted by atomic mass is 9.88. The first kappa shape index (κ1) is 19.3. The monoisotopic (exact) mass is 363 g/mol. The van der Waals surface area contributed by atoms with Crippen molar-refractivity contribution >= 4 is 11.7 Å². The number of Topliss-reactive ketones (excluding diaryl/α,β-unsaturated/α-hetero) is 1. The standard InChI is InChI=1S/C24H29NO2/c1-3-22(21-13-12-18-6-4-5-7-20(18)16-21)25-24(27)15-14-23(26)19-10-8-17(2)9-11-19/h8-13,16,22H,3-7,14-15H2,1-2H3,(H,25,27). The number of hydrogen-bond donors (Lipinski definition) is 1. The van der Waals surface area contributed by atoms with Gasteiger partial charge in [0.05, 0.1) is 6.04 Å². The maximum absolute atomic E-state index is 12.4. The van der Waals surface area contributed by atoms with Gasteiger partial charge in [0.1, 0.15) is 0 Å². The number of hydrogen-bond acceptors (Lipinski definition) is 2. The summed E-state index contributed by atoms with van der Waals surface area (Å²) in [4.78, 5) is 24.7. The molecule has 1 N–H and O–H groups in total. The van der Waals surface area contributed by atoms with Gasteiger partial charge in [0, 0.05) is 18.4 Å². The molecule has 0 radical (unpaired) electrons. The number of nitrogens with one attached hydrogen (secondary N) is 1. The molecule has 0 aliphatic heterocycles. The third-order valence-corrected chi connectivity index (χ3v) is 5.47. The normalized spacial score (nSPS) is 14.3. The van der Waals surface area contributed by atoms with E-state index in [1.54, 1.807) is 0 Å². The van der Waals surface area contributed by atoms with Crippen molar-refractivity contribution in [2.45, 2.75) is 64.8 Å². The van der Waals surface area contributed by atoms with E-state index >= 15 is 0 Å². The van der Waals surface area contributed by atoms with E-state index in [1.165, 1.54) is 36.0 Å². The van der Waals surface area contributed by atoms with Crippen molar-refractivity contribution in [1.29, 1.82) is 0 Å². The number of benzene rings is 2. The predicted molar refractivity (Wildman–Crippen MR) is 109 cm³/mol. The van der Waals surface area contributed by atoms with Gasteiger partial charge in [-0.1, -0.05) is 55.0 Å². The number of aryl methyl sites for hydroxylation is 3. The smallest absolute Gasteiger partial charge is 0.220 e. The fraction of sp³-hybridized carbons (Fsp3) is 0.417. The molecule has 3 rings (SSSR count). The average molecular weight is 364 g/mol. The molecule has 1 aliphatic carbocycles. The third kappa shape index (κ3) is 5.06. The Labute approximate surface area is 162 Å². The highest BCUT2D eigenvalue weighted by atomic mass is 16.2. The summed E-state index contributed by atoms with van der Waals surface area (Å²) >= 11 is 0. The maximum Gasteiger partial charge on any atom is 0.220 e. The number of carbonyl (C=O) groups is 2. The molecule has 0 bridgehead atoms. The Hall–Kier alpha value is -2.42. The second kappa shape index (κ2) is 8.98. The number of ketones is 1. The number of rotatable bonds is 7. The Morgan fingerprint density at radius 1 is 0.963 bits per heavy atom. The van der Waals surface area contributed by atoms with Gasteiger partial charge >= 0.3 is 0 Å². The molecule has 3 nitrogen and oxygen atoms in total. The second-order valence-corrected chi connectivity index (χ2v) is 7.55. The summed E-state index contributed by atoms with van der Waals surface area (Å²) in [6.45, 7) is 4.08. The quantitative estimate of drug-likeness (QED) is 0.695. The van der Waals surface area contributed by atoms with Crippen LogP contribution in [-0.4, -0.2) is 11.7 Å². The van der Waals surface area contributed by atoms with E-state index in [2.05, 4.69) is 30.4 Å². The van der Waals surface area contributed by atoms with Crippen molar-refractivity contribution in [3.8, 4) is 0 Å². The van der Waals surface area contributed by atoms with E-state index in [0.717, 1.165) is 18.4 Å². The van der Waals surface area contributed by atoms with Crippen molar-refractivity contribution in [3.05, 3.63) is 70.3 Å². The van der Waals surface area contributed by atoms with E-state index in [1.807, 2.05) is 31.2 Å². The molecule has 0 saturated carbocycles. The zero-order valence-electron chi connectivity index (χ0n) is 16.4. The van der Waals surface area contributed by atoms with E-state index in [-0.39, 0.29) is 30.6 Å². The summed E-state index contributed by atoms with van der Waals surface area (Å²) in [5.41, 5.74) is 5.86. The average Bonchev–Trinajstić information content (AvgIpc) is 2.70. The van der Waals surface area contributed by atoms with E-state index in [0.29, 0.717) is 5.56 Å². The van der Waals surface area contributed by atoms with Crippen molar-refractivity contribution in [1.82, 2.24) is 5.32 Å². The first-order chi connectivity index (χ1) is 13.1. The van der Waals surface area contributed by atoms with Crippen LogP contribution in [0.5, 0.6) is 0 Å². The molecular formula is C24H29NO2. The Bertz CT molecular complexity index is 808. The van der Waals surface area contributed by atoms with Gasteiger partial charge in [0.2, 0.25) is 5.91 Å². The topological polar surface area (TPSA) is 46.2 Å². The van der Waals surface area contributed by atoms with Gasteiger partial charge in [0.15, 0.2) is 5.78 Å². The molecule has 2 aromatic carbocycles. The minimum Gasteiger partial charge on any atom is -0.349 e. The molecule has 0 fully saturated rings. The first-order valence-corrected chi connectivity index (χ1v) is 10.1. The molecular weight excluding hydrogens is 334 g/mol. The summed E-state index contributed by atoms with van der Waals surface area (Å²) in [6.07, 6.45) is 6.15. The lowest BCUT2D eigenvalue weighted by Crippen LogP contribution is -2.28. The Kier molecular flexibility index (Phi) is 6.44. The zero-order valence-corrected chi connectivity index (χ0v) is 16.4. The molecule has 1 aliphatic rings. The summed E-state index contributed by atoms with van der Waals surface area (Å²) in [6, 6.07) is 14.2. The summed E-state index contributed by atoms with van der Waals surface area (Å²) in [5, 5.41) is 3.11. The van der Waals surface area contributed by atoms with Crippen LogP contribution < -0.4 is 5.32 Å². The number of carbonyl (C=O) groups excluding carboxylic acids is 2. The van der Waals surface area contributed by atoms with Gasteiger partial charge in [-0.25, -0.2) is 0 Å². The van der Waals surface area contributed by atoms with Gasteiger partial charge in [-0.2, -0.15) is 0 Å². The van der Waals surface area contributed by atoms with Crippen LogP contribution in [0.4, 0.5) is 0 Å². The highest BCUT2D eigenvalue weighted by Gasteiger charge is 2.17. The highest BCUT2D eigenvalue weighted by molar-refractivity contribution is 5.98. The van der Waals surface area contributed by atoms with Crippen LogP contribution in [0.15, 0.2) is 42.5 Å². The lowest BCUT2D eigenvalue weighted by Gasteiger charge is -2.21. The van der Waals surface area contributed by atoms with E-state index in [4.69, 9.17) is 0 Å². The van der Waals surface area contributed by atoms with Crippen LogP contribution in [0.3, 0.4) is 0 Å². The molecule has 142 valence electrons. The van der Waals surface area contributed by atoms with Crippen molar-refractivity contribution in [2.24, 2.45) is 0 Å². The third-order valence-electron chi connectivity index (χ3n) is 5.47. The molecule has 0 saturated heterocycles. The largest absolute Gasteiger partial charge is 0.349 e. The summed E-state index contributed by atoms with van der Waals surface area (Å²) in [7, 11) is 0. The van der Waals surface area contributed by atoms with Gasteiger partial charge < -0.3 is 5.32 Å². The van der Waals surface area contributed by atoms with Crippen LogP contribution in [0.25, 0.3) is 0 Å². The molecule has 27 heavy (non-hydrogen) atoms. The maximum atomic E-state index is 12.4. The molecule has 0 heterocycles. The van der Waals surface area contributed by atoms with E-state index in [9.17, 15) is 9.59 Å². The fourth-order valence-electron chi connectivity index (χ4n) is 3.77. The van der Waals surface area contributed by atoms with Crippen LogP contribution in [0.1, 0.15) is 77.7 Å². The fourth-order valence-corrected chi connectivity index (χ4v) is 3.77. The van der Waals surface area contributed by atoms with Crippen LogP contribution in [-0.2, 0) is 17.6 Å². The second-order valence-electron chi connectivity index (χ2n) is 7.55. The Morgan fingerprint density at radius 3 is 2.37 bits per heavy atom. The van der Waals surface area contributed by atoms with Crippen LogP contribution in [0.2, 0.25) is 0 Å².